The molecule has 0 atom stereocenters. The van der Waals surface area contributed by atoms with Crippen molar-refractivity contribution < 1.29 is 4.79 Å². The van der Waals surface area contributed by atoms with E-state index in [-0.39, 0.29) is 0 Å². The Morgan fingerprint density at radius 2 is 1.89 bits per heavy atom. The van der Waals surface area contributed by atoms with Gasteiger partial charge in [0.15, 0.2) is 0 Å². The van der Waals surface area contributed by atoms with Crippen LogP contribution in [-0.2, 0) is 0 Å². The fourth-order valence-corrected chi connectivity index (χ4v) is 1.96. The number of amides is 1. The van der Waals surface area contributed by atoms with E-state index in [1.807, 2.05) is 35.0 Å². The summed E-state index contributed by atoms with van der Waals surface area (Å²) in [6.45, 7) is 0. The first kappa shape index (κ1) is 10.5. The molecule has 1 amide bonds. The second kappa shape index (κ2) is 4.00. The number of carbonyl (C=O) groups excluding carboxylic acids is 1. The monoisotopic (exact) mass is 237 g/mol. The summed E-state index contributed by atoms with van der Waals surface area (Å²) in [5, 5.41) is 0. The van der Waals surface area contributed by atoms with Crippen molar-refractivity contribution >= 4 is 11.4 Å². The average Bonchev–Trinajstić information content (AvgIpc) is 2.82. The zero-order chi connectivity index (χ0) is 12.5. The van der Waals surface area contributed by atoms with Crippen molar-refractivity contribution in [2.24, 2.45) is 5.73 Å². The molecule has 0 bridgehead atoms. The first-order valence-electron chi connectivity index (χ1n) is 5.56. The lowest BCUT2D eigenvalue weighted by Crippen LogP contribution is -2.10. The fourth-order valence-electron chi connectivity index (χ4n) is 1.96. The van der Waals surface area contributed by atoms with Crippen LogP contribution in [0.2, 0.25) is 0 Å². The maximum absolute atomic E-state index is 11.1. The second-order valence-electron chi connectivity index (χ2n) is 4.08. The largest absolute Gasteiger partial charge is 0.366 e. The van der Waals surface area contributed by atoms with Gasteiger partial charge in [-0.3, -0.25) is 9.78 Å². The molecule has 3 aromatic heterocycles. The summed E-state index contributed by atoms with van der Waals surface area (Å²) in [5.74, 6) is -0.413. The topological polar surface area (TPSA) is 60.4 Å². The van der Waals surface area contributed by atoms with Gasteiger partial charge in [0.1, 0.15) is 0 Å². The third-order valence-corrected chi connectivity index (χ3v) is 2.90. The Balaban J connectivity index is 2.14. The number of carbonyl (C=O) groups is 1. The van der Waals surface area contributed by atoms with Crippen LogP contribution in [0.15, 0.2) is 55.1 Å². The molecule has 18 heavy (non-hydrogen) atoms. The second-order valence-corrected chi connectivity index (χ2v) is 4.08. The van der Waals surface area contributed by atoms with Gasteiger partial charge in [0.2, 0.25) is 5.91 Å². The van der Waals surface area contributed by atoms with Crippen molar-refractivity contribution in [3.05, 3.63) is 60.7 Å². The standard InChI is InChI=1S/C14H11N3O/c15-14(18)11-3-6-17-9-12(8-13(17)7-11)10-1-4-16-5-2-10/h1-9H,(H2,15,18). The van der Waals surface area contributed by atoms with Gasteiger partial charge in [-0.25, -0.2) is 0 Å². The molecule has 0 radical (unpaired) electrons. The number of nitrogens with zero attached hydrogens (tertiary/aromatic N) is 2. The van der Waals surface area contributed by atoms with Crippen molar-refractivity contribution in [2.45, 2.75) is 0 Å². The zero-order valence-corrected chi connectivity index (χ0v) is 9.58. The molecule has 0 aromatic carbocycles. The zero-order valence-electron chi connectivity index (χ0n) is 9.58. The third kappa shape index (κ3) is 1.73. The molecular weight excluding hydrogens is 226 g/mol. The maximum Gasteiger partial charge on any atom is 0.248 e. The summed E-state index contributed by atoms with van der Waals surface area (Å²) in [6, 6.07) is 9.41. The number of pyridine rings is 2. The minimum absolute atomic E-state index is 0.413. The number of hydrogen-bond donors (Lipinski definition) is 1. The maximum atomic E-state index is 11.1. The van der Waals surface area contributed by atoms with Crippen LogP contribution in [0.1, 0.15) is 10.4 Å². The molecule has 4 nitrogen and oxygen atoms in total. The third-order valence-electron chi connectivity index (χ3n) is 2.90. The van der Waals surface area contributed by atoms with Crippen LogP contribution in [0, 0.1) is 0 Å². The molecule has 0 aliphatic rings. The molecule has 0 saturated heterocycles. The molecule has 3 aromatic rings. The van der Waals surface area contributed by atoms with Crippen LogP contribution in [0.25, 0.3) is 16.6 Å². The normalized spacial score (nSPS) is 10.7. The average molecular weight is 237 g/mol. The number of fused-ring (bicyclic) bond motifs is 1. The molecule has 88 valence electrons. The minimum Gasteiger partial charge on any atom is -0.366 e. The summed E-state index contributed by atoms with van der Waals surface area (Å²) >= 11 is 0. The van der Waals surface area contributed by atoms with Gasteiger partial charge >= 0.3 is 0 Å². The molecule has 0 saturated carbocycles. The molecule has 4 heteroatoms. The van der Waals surface area contributed by atoms with Crippen LogP contribution in [0.3, 0.4) is 0 Å². The van der Waals surface area contributed by atoms with Crippen LogP contribution in [0.5, 0.6) is 0 Å². The molecule has 0 aliphatic heterocycles. The van der Waals surface area contributed by atoms with Crippen molar-refractivity contribution in [2.75, 3.05) is 0 Å². The highest BCUT2D eigenvalue weighted by Crippen LogP contribution is 2.22. The summed E-state index contributed by atoms with van der Waals surface area (Å²) in [4.78, 5) is 15.1. The lowest BCUT2D eigenvalue weighted by molar-refractivity contribution is 0.100. The van der Waals surface area contributed by atoms with E-state index in [1.54, 1.807) is 24.5 Å². The van der Waals surface area contributed by atoms with E-state index in [2.05, 4.69) is 4.98 Å². The van der Waals surface area contributed by atoms with Crippen molar-refractivity contribution in [3.8, 4) is 11.1 Å². The molecular formula is C14H11N3O. The smallest absolute Gasteiger partial charge is 0.248 e. The number of nitrogens with two attached hydrogens (primary N) is 1. The Bertz CT molecular complexity index is 716. The van der Waals surface area contributed by atoms with Crippen molar-refractivity contribution in [1.82, 2.24) is 9.38 Å². The quantitative estimate of drug-likeness (QED) is 0.742. The predicted molar refractivity (Wildman–Crippen MR) is 69.1 cm³/mol. The van der Waals surface area contributed by atoms with Gasteiger partial charge in [-0.2, -0.15) is 0 Å². The van der Waals surface area contributed by atoms with Gasteiger partial charge in [0.25, 0.3) is 0 Å². The molecule has 3 heterocycles. The van der Waals surface area contributed by atoms with Crippen molar-refractivity contribution in [1.29, 1.82) is 0 Å². The Morgan fingerprint density at radius 3 is 2.61 bits per heavy atom. The lowest BCUT2D eigenvalue weighted by atomic mass is 10.1. The van der Waals surface area contributed by atoms with Gasteiger partial charge in [0.05, 0.1) is 0 Å². The van der Waals surface area contributed by atoms with E-state index in [1.165, 1.54) is 0 Å². The Hall–Kier alpha value is -2.62. The molecule has 0 spiro atoms. The summed E-state index contributed by atoms with van der Waals surface area (Å²) in [6.07, 6.45) is 7.36. The number of hydrogen-bond acceptors (Lipinski definition) is 2. The highest BCUT2D eigenvalue weighted by Gasteiger charge is 2.05. The van der Waals surface area contributed by atoms with Crippen LogP contribution >= 0.6 is 0 Å². The van der Waals surface area contributed by atoms with E-state index >= 15 is 0 Å². The lowest BCUT2D eigenvalue weighted by Gasteiger charge is -1.96. The van der Waals surface area contributed by atoms with Gasteiger partial charge in [-0.15, -0.1) is 0 Å². The highest BCUT2D eigenvalue weighted by molar-refractivity contribution is 5.94. The SMILES string of the molecule is NC(=O)c1ccn2cc(-c3ccncc3)cc2c1. The number of rotatable bonds is 2. The van der Waals surface area contributed by atoms with Gasteiger partial charge in [-0.1, -0.05) is 0 Å². The predicted octanol–water partition coefficient (Wildman–Crippen LogP) is 2.10. The van der Waals surface area contributed by atoms with Crippen LogP contribution < -0.4 is 5.73 Å². The van der Waals surface area contributed by atoms with E-state index in [0.29, 0.717) is 5.56 Å². The molecule has 0 unspecified atom stereocenters. The number of primary amides is 1. The first-order chi connectivity index (χ1) is 8.74. The summed E-state index contributed by atoms with van der Waals surface area (Å²) < 4.78 is 1.96. The molecule has 2 N–H and O–H groups in total. The van der Waals surface area contributed by atoms with E-state index < -0.39 is 5.91 Å². The summed E-state index contributed by atoms with van der Waals surface area (Å²) in [5.41, 5.74) is 8.90. The van der Waals surface area contributed by atoms with E-state index in [4.69, 9.17) is 5.73 Å². The van der Waals surface area contributed by atoms with E-state index in [9.17, 15) is 4.79 Å². The molecule has 3 rings (SSSR count). The summed E-state index contributed by atoms with van der Waals surface area (Å²) in [7, 11) is 0. The minimum atomic E-state index is -0.413. The Kier molecular flexibility index (Phi) is 2.34. The highest BCUT2D eigenvalue weighted by atomic mass is 16.1. The Morgan fingerprint density at radius 1 is 1.11 bits per heavy atom. The molecule has 0 fully saturated rings. The number of aromatic nitrogens is 2. The first-order valence-corrected chi connectivity index (χ1v) is 5.56. The van der Waals surface area contributed by atoms with E-state index in [0.717, 1.165) is 16.6 Å². The van der Waals surface area contributed by atoms with Gasteiger partial charge < -0.3 is 10.1 Å². The molecule has 0 aliphatic carbocycles. The van der Waals surface area contributed by atoms with Crippen molar-refractivity contribution in [3.63, 3.8) is 0 Å². The van der Waals surface area contributed by atoms with Crippen LogP contribution in [-0.4, -0.2) is 15.3 Å². The van der Waals surface area contributed by atoms with Gasteiger partial charge in [-0.05, 0) is 35.9 Å². The van der Waals surface area contributed by atoms with Crippen LogP contribution in [0.4, 0.5) is 0 Å². The fraction of sp³-hybridized carbons (Fsp3) is 0. The Labute approximate surface area is 104 Å². The van der Waals surface area contributed by atoms with Gasteiger partial charge in [0, 0.05) is 41.4 Å².